The Kier molecular flexibility index (Phi) is 19.4. The molecule has 0 fully saturated rings. The van der Waals surface area contributed by atoms with Gasteiger partial charge in [-0.2, -0.15) is 0 Å². The molecule has 0 aromatic heterocycles. The fourth-order valence-electron chi connectivity index (χ4n) is 2.79. The smallest absolute Gasteiger partial charge is 0.361 e. The van der Waals surface area contributed by atoms with Gasteiger partial charge >= 0.3 is 7.60 Å². The van der Waals surface area contributed by atoms with E-state index in [-0.39, 0.29) is 5.95 Å². The van der Waals surface area contributed by atoms with Crippen LogP contribution in [0.25, 0.3) is 0 Å². The monoisotopic (exact) mass is 420 g/mol. The van der Waals surface area contributed by atoms with Crippen molar-refractivity contribution in [3.63, 3.8) is 0 Å². The molecule has 0 saturated heterocycles. The Labute approximate surface area is 174 Å². The van der Waals surface area contributed by atoms with E-state index in [9.17, 15) is 4.57 Å². The molecule has 6 heteroatoms. The summed E-state index contributed by atoms with van der Waals surface area (Å²) in [4.78, 5) is 0. The Bertz CT molecular complexity index is 382. The Hall–Kier alpha value is -0.510. The lowest BCUT2D eigenvalue weighted by Crippen LogP contribution is -2.02. The van der Waals surface area contributed by atoms with Crippen LogP contribution in [0.15, 0.2) is 11.8 Å². The van der Waals surface area contributed by atoms with E-state index in [4.69, 9.17) is 18.5 Å². The second kappa shape index (κ2) is 19.8. The first kappa shape index (κ1) is 27.5. The number of rotatable bonds is 21. The lowest BCUT2D eigenvalue weighted by molar-refractivity contribution is 0.0465. The van der Waals surface area contributed by atoms with Crippen molar-refractivity contribution in [1.29, 1.82) is 0 Å². The molecule has 0 aromatic rings. The molecular weight excluding hydrogens is 375 g/mol. The first-order valence-corrected chi connectivity index (χ1v) is 13.1. The zero-order valence-electron chi connectivity index (χ0n) is 18.9. The highest BCUT2D eigenvalue weighted by Gasteiger charge is 2.24. The van der Waals surface area contributed by atoms with Crippen molar-refractivity contribution < 1.29 is 23.1 Å². The van der Waals surface area contributed by atoms with Crippen molar-refractivity contribution in [2.75, 3.05) is 26.4 Å². The molecule has 0 heterocycles. The summed E-state index contributed by atoms with van der Waals surface area (Å²) in [6, 6.07) is 0. The molecule has 0 aliphatic heterocycles. The van der Waals surface area contributed by atoms with Crippen molar-refractivity contribution in [1.82, 2.24) is 0 Å². The quantitative estimate of drug-likeness (QED) is 0.108. The summed E-state index contributed by atoms with van der Waals surface area (Å²) in [7, 11) is -3.37. The van der Waals surface area contributed by atoms with Gasteiger partial charge in [0, 0.05) is 0 Å². The molecule has 0 radical (unpaired) electrons. The summed E-state index contributed by atoms with van der Waals surface area (Å²) in [5, 5.41) is 0. The minimum absolute atomic E-state index is 0.235. The Morgan fingerprint density at radius 3 is 1.43 bits per heavy atom. The summed E-state index contributed by atoms with van der Waals surface area (Å²) < 4.78 is 35.4. The third kappa shape index (κ3) is 16.4. The predicted octanol–water partition coefficient (Wildman–Crippen LogP) is 7.81. The van der Waals surface area contributed by atoms with Gasteiger partial charge in [0.2, 0.25) is 0 Å². The van der Waals surface area contributed by atoms with Gasteiger partial charge in [0.1, 0.15) is 5.82 Å². The topological polar surface area (TPSA) is 54.0 Å². The third-order valence-electron chi connectivity index (χ3n) is 4.37. The largest absolute Gasteiger partial charge is 0.466 e. The van der Waals surface area contributed by atoms with E-state index in [0.717, 1.165) is 25.7 Å². The molecule has 0 amide bonds. The standard InChI is InChI=1S/C22H45O5P/c1-5-9-11-13-15-17-19-26-28(23,21-22(24-7-3)25-8-4)27-20-18-16-14-12-10-6-2/h21H,5-20H2,1-4H3. The van der Waals surface area contributed by atoms with Crippen molar-refractivity contribution in [3.8, 4) is 0 Å². The second-order valence-electron chi connectivity index (χ2n) is 7.06. The molecule has 0 aliphatic carbocycles. The van der Waals surface area contributed by atoms with E-state index in [1.54, 1.807) is 0 Å². The van der Waals surface area contributed by atoms with Crippen LogP contribution in [0.3, 0.4) is 0 Å². The molecular formula is C22H45O5P. The van der Waals surface area contributed by atoms with E-state index in [2.05, 4.69) is 13.8 Å². The molecule has 5 nitrogen and oxygen atoms in total. The molecule has 0 aromatic carbocycles. The molecule has 0 unspecified atom stereocenters. The SMILES string of the molecule is CCCCCCCCOP(=O)(C=C(OCC)OCC)OCCCCCCCC. The number of unbranched alkanes of at least 4 members (excludes halogenated alkanes) is 10. The van der Waals surface area contributed by atoms with Gasteiger partial charge in [-0.3, -0.25) is 4.57 Å². The fourth-order valence-corrected chi connectivity index (χ4v) is 4.19. The van der Waals surface area contributed by atoms with Crippen LogP contribution in [0.2, 0.25) is 0 Å². The Morgan fingerprint density at radius 2 is 1.04 bits per heavy atom. The number of hydrogen-bond acceptors (Lipinski definition) is 5. The van der Waals surface area contributed by atoms with Gasteiger partial charge in [-0.15, -0.1) is 0 Å². The molecule has 0 saturated carbocycles. The first-order chi connectivity index (χ1) is 13.6. The number of hydrogen-bond donors (Lipinski definition) is 0. The minimum atomic E-state index is -3.37. The zero-order valence-corrected chi connectivity index (χ0v) is 19.8. The average molecular weight is 421 g/mol. The van der Waals surface area contributed by atoms with Crippen LogP contribution in [0.4, 0.5) is 0 Å². The molecule has 0 rings (SSSR count). The number of ether oxygens (including phenoxy) is 2. The first-order valence-electron chi connectivity index (χ1n) is 11.5. The maximum absolute atomic E-state index is 13.2. The summed E-state index contributed by atoms with van der Waals surface area (Å²) in [5.41, 5.74) is 0. The lowest BCUT2D eigenvalue weighted by atomic mass is 10.1. The molecule has 0 aliphatic rings. The molecule has 0 atom stereocenters. The van der Waals surface area contributed by atoms with Gasteiger partial charge in [-0.25, -0.2) is 0 Å². The van der Waals surface area contributed by atoms with E-state index in [1.807, 2.05) is 13.8 Å². The highest BCUT2D eigenvalue weighted by Crippen LogP contribution is 2.51. The van der Waals surface area contributed by atoms with Gasteiger partial charge in [-0.1, -0.05) is 78.1 Å². The van der Waals surface area contributed by atoms with Crippen LogP contribution in [0.5, 0.6) is 0 Å². The summed E-state index contributed by atoms with van der Waals surface area (Å²) in [5.74, 6) is 1.65. The highest BCUT2D eigenvalue weighted by atomic mass is 31.2. The summed E-state index contributed by atoms with van der Waals surface area (Å²) >= 11 is 0. The van der Waals surface area contributed by atoms with Gasteiger partial charge in [-0.05, 0) is 26.7 Å². The second-order valence-corrected chi connectivity index (χ2v) is 8.91. The van der Waals surface area contributed by atoms with Crippen molar-refractivity contribution in [2.45, 2.75) is 105 Å². The highest BCUT2D eigenvalue weighted by molar-refractivity contribution is 7.57. The van der Waals surface area contributed by atoms with E-state index >= 15 is 0 Å². The van der Waals surface area contributed by atoms with Crippen molar-refractivity contribution in [2.24, 2.45) is 0 Å². The van der Waals surface area contributed by atoms with Gasteiger partial charge in [0.15, 0.2) is 0 Å². The van der Waals surface area contributed by atoms with Crippen LogP contribution in [0, 0.1) is 0 Å². The molecule has 28 heavy (non-hydrogen) atoms. The predicted molar refractivity (Wildman–Crippen MR) is 118 cm³/mol. The van der Waals surface area contributed by atoms with Gasteiger partial charge < -0.3 is 18.5 Å². The maximum atomic E-state index is 13.2. The average Bonchev–Trinajstić information content (AvgIpc) is 2.67. The third-order valence-corrected chi connectivity index (χ3v) is 5.99. The summed E-state index contributed by atoms with van der Waals surface area (Å²) in [6.07, 6.45) is 13.9. The van der Waals surface area contributed by atoms with Gasteiger partial charge in [0.05, 0.1) is 26.4 Å². The van der Waals surface area contributed by atoms with Crippen molar-refractivity contribution >= 4 is 7.60 Å². The Morgan fingerprint density at radius 1 is 0.643 bits per heavy atom. The minimum Gasteiger partial charge on any atom is -0.466 e. The van der Waals surface area contributed by atoms with Crippen LogP contribution in [-0.2, 0) is 23.1 Å². The van der Waals surface area contributed by atoms with Crippen LogP contribution < -0.4 is 0 Å². The fraction of sp³-hybridized carbons (Fsp3) is 0.909. The molecule has 0 spiro atoms. The molecule has 168 valence electrons. The maximum Gasteiger partial charge on any atom is 0.361 e. The van der Waals surface area contributed by atoms with E-state index in [1.165, 1.54) is 57.2 Å². The molecule has 0 N–H and O–H groups in total. The van der Waals surface area contributed by atoms with Crippen LogP contribution in [-0.4, -0.2) is 26.4 Å². The van der Waals surface area contributed by atoms with Crippen molar-refractivity contribution in [3.05, 3.63) is 11.8 Å². The Balaban J connectivity index is 4.50. The normalized spacial score (nSPS) is 11.4. The van der Waals surface area contributed by atoms with Crippen LogP contribution in [0.1, 0.15) is 105 Å². The molecule has 0 bridgehead atoms. The summed E-state index contributed by atoms with van der Waals surface area (Å²) in [6.45, 7) is 9.91. The van der Waals surface area contributed by atoms with Crippen LogP contribution >= 0.6 is 7.60 Å². The van der Waals surface area contributed by atoms with E-state index < -0.39 is 7.60 Å². The van der Waals surface area contributed by atoms with Gasteiger partial charge in [0.25, 0.3) is 5.95 Å². The lowest BCUT2D eigenvalue weighted by Gasteiger charge is -2.17. The van der Waals surface area contributed by atoms with E-state index in [0.29, 0.717) is 26.4 Å². The zero-order chi connectivity index (χ0) is 20.9.